The maximum atomic E-state index is 5.53. The Morgan fingerprint density at radius 3 is 2.63 bits per heavy atom. The molecule has 0 bridgehead atoms. The van der Waals surface area contributed by atoms with Gasteiger partial charge < -0.3 is 15.5 Å². The second kappa shape index (κ2) is 8.12. The first-order valence-electron chi connectivity index (χ1n) is 7.47. The molecule has 0 radical (unpaired) electrons. The minimum atomic E-state index is 0.829. The topological polar surface area (TPSA) is 45.4 Å². The summed E-state index contributed by atoms with van der Waals surface area (Å²) in [4.78, 5) is 9.16. The van der Waals surface area contributed by atoms with Crippen molar-refractivity contribution >= 4 is 5.69 Å². The monoisotopic (exact) mass is 262 g/mol. The van der Waals surface area contributed by atoms with Crippen LogP contribution in [0, 0.1) is 0 Å². The molecule has 0 saturated carbocycles. The molecule has 1 aromatic rings. The molecule has 2 heterocycles. The van der Waals surface area contributed by atoms with Gasteiger partial charge in [-0.3, -0.25) is 4.98 Å². The molecule has 2 rings (SSSR count). The van der Waals surface area contributed by atoms with E-state index in [-0.39, 0.29) is 0 Å². The quantitative estimate of drug-likeness (QED) is 0.793. The fraction of sp³-hybridized carbons (Fsp3) is 0.667. The fourth-order valence-electron chi connectivity index (χ4n) is 2.66. The van der Waals surface area contributed by atoms with Crippen molar-refractivity contribution < 1.29 is 0 Å². The first-order chi connectivity index (χ1) is 9.40. The third kappa shape index (κ3) is 4.80. The minimum Gasteiger partial charge on any atom is -0.370 e. The average Bonchev–Trinajstić information content (AvgIpc) is 2.70. The summed E-state index contributed by atoms with van der Waals surface area (Å²) in [6, 6.07) is 4.22. The third-order valence-corrected chi connectivity index (χ3v) is 3.79. The molecule has 19 heavy (non-hydrogen) atoms. The van der Waals surface area contributed by atoms with Crippen LogP contribution >= 0.6 is 0 Å². The largest absolute Gasteiger partial charge is 0.370 e. The van der Waals surface area contributed by atoms with Crippen LogP contribution in [0.1, 0.15) is 25.7 Å². The van der Waals surface area contributed by atoms with Crippen LogP contribution in [0.15, 0.2) is 24.5 Å². The van der Waals surface area contributed by atoms with E-state index in [1.807, 2.05) is 12.4 Å². The van der Waals surface area contributed by atoms with Crippen molar-refractivity contribution in [3.8, 4) is 0 Å². The smallest absolute Gasteiger partial charge is 0.0397 e. The Labute approximate surface area is 116 Å². The molecule has 2 N–H and O–H groups in total. The molecule has 1 aromatic heterocycles. The van der Waals surface area contributed by atoms with Crippen molar-refractivity contribution in [2.45, 2.75) is 25.7 Å². The van der Waals surface area contributed by atoms with Gasteiger partial charge in [0.1, 0.15) is 0 Å². The van der Waals surface area contributed by atoms with Crippen molar-refractivity contribution in [3.63, 3.8) is 0 Å². The third-order valence-electron chi connectivity index (χ3n) is 3.79. The highest BCUT2D eigenvalue weighted by Crippen LogP contribution is 2.15. The van der Waals surface area contributed by atoms with Crippen molar-refractivity contribution in [2.75, 3.05) is 44.2 Å². The molecule has 106 valence electrons. The Balaban J connectivity index is 1.75. The Kier molecular flexibility index (Phi) is 6.11. The van der Waals surface area contributed by atoms with Crippen LogP contribution in [0.5, 0.6) is 0 Å². The van der Waals surface area contributed by atoms with Gasteiger partial charge in [0.25, 0.3) is 0 Å². The SMILES string of the molecule is NCCCCCN1CCCN(c2ccncc2)CC1. The zero-order chi connectivity index (χ0) is 13.3. The lowest BCUT2D eigenvalue weighted by atomic mass is 10.2. The summed E-state index contributed by atoms with van der Waals surface area (Å²) in [5.74, 6) is 0. The van der Waals surface area contributed by atoms with Gasteiger partial charge in [0.15, 0.2) is 0 Å². The fourth-order valence-corrected chi connectivity index (χ4v) is 2.66. The second-order valence-corrected chi connectivity index (χ2v) is 5.24. The Morgan fingerprint density at radius 1 is 1.00 bits per heavy atom. The van der Waals surface area contributed by atoms with Gasteiger partial charge >= 0.3 is 0 Å². The molecule has 0 atom stereocenters. The summed E-state index contributed by atoms with van der Waals surface area (Å²) >= 11 is 0. The van der Waals surface area contributed by atoms with E-state index in [4.69, 9.17) is 5.73 Å². The zero-order valence-electron chi connectivity index (χ0n) is 11.8. The first-order valence-corrected chi connectivity index (χ1v) is 7.47. The molecule has 0 spiro atoms. The summed E-state index contributed by atoms with van der Waals surface area (Å²) in [7, 11) is 0. The summed E-state index contributed by atoms with van der Waals surface area (Å²) in [5, 5.41) is 0. The lowest BCUT2D eigenvalue weighted by Gasteiger charge is -2.23. The van der Waals surface area contributed by atoms with E-state index < -0.39 is 0 Å². The molecule has 0 aromatic carbocycles. The van der Waals surface area contributed by atoms with Crippen LogP contribution in [-0.4, -0.2) is 49.2 Å². The van der Waals surface area contributed by atoms with Gasteiger partial charge in [0.2, 0.25) is 0 Å². The number of pyridine rings is 1. The highest BCUT2D eigenvalue weighted by molar-refractivity contribution is 5.44. The average molecular weight is 262 g/mol. The molecular formula is C15H26N4. The van der Waals surface area contributed by atoms with E-state index in [9.17, 15) is 0 Å². The Morgan fingerprint density at radius 2 is 1.84 bits per heavy atom. The molecule has 1 aliphatic rings. The first kappa shape index (κ1) is 14.3. The molecule has 4 nitrogen and oxygen atoms in total. The van der Waals surface area contributed by atoms with Gasteiger partial charge in [-0.15, -0.1) is 0 Å². The highest BCUT2D eigenvalue weighted by Gasteiger charge is 2.14. The Hall–Kier alpha value is -1.13. The molecule has 4 heteroatoms. The lowest BCUT2D eigenvalue weighted by molar-refractivity contribution is 0.286. The maximum absolute atomic E-state index is 5.53. The van der Waals surface area contributed by atoms with Crippen LogP contribution in [0.4, 0.5) is 5.69 Å². The molecule has 0 unspecified atom stereocenters. The molecule has 1 fully saturated rings. The molecule has 0 amide bonds. The van der Waals surface area contributed by atoms with Crippen LogP contribution in [0.3, 0.4) is 0 Å². The van der Waals surface area contributed by atoms with E-state index >= 15 is 0 Å². The maximum Gasteiger partial charge on any atom is 0.0397 e. The number of hydrogen-bond acceptors (Lipinski definition) is 4. The molecule has 0 aliphatic carbocycles. The van der Waals surface area contributed by atoms with E-state index in [0.29, 0.717) is 0 Å². The summed E-state index contributed by atoms with van der Waals surface area (Å²) in [6.45, 7) is 6.74. The molecular weight excluding hydrogens is 236 g/mol. The van der Waals surface area contributed by atoms with Gasteiger partial charge in [-0.25, -0.2) is 0 Å². The molecule has 1 aliphatic heterocycles. The van der Waals surface area contributed by atoms with Crippen LogP contribution in [-0.2, 0) is 0 Å². The van der Waals surface area contributed by atoms with Gasteiger partial charge in [-0.2, -0.15) is 0 Å². The minimum absolute atomic E-state index is 0.829. The highest BCUT2D eigenvalue weighted by atomic mass is 15.2. The summed E-state index contributed by atoms with van der Waals surface area (Å²) in [5.41, 5.74) is 6.84. The van der Waals surface area contributed by atoms with E-state index in [1.165, 1.54) is 44.6 Å². The second-order valence-electron chi connectivity index (χ2n) is 5.24. The number of aromatic nitrogens is 1. The molecule has 1 saturated heterocycles. The number of unbranched alkanes of at least 4 members (excludes halogenated alkanes) is 2. The zero-order valence-corrected chi connectivity index (χ0v) is 11.8. The van der Waals surface area contributed by atoms with Crippen molar-refractivity contribution in [1.29, 1.82) is 0 Å². The van der Waals surface area contributed by atoms with Crippen molar-refractivity contribution in [1.82, 2.24) is 9.88 Å². The van der Waals surface area contributed by atoms with E-state index in [0.717, 1.165) is 26.1 Å². The number of rotatable bonds is 6. The summed E-state index contributed by atoms with van der Waals surface area (Å²) in [6.07, 6.45) is 8.72. The van der Waals surface area contributed by atoms with Crippen molar-refractivity contribution in [3.05, 3.63) is 24.5 Å². The number of nitrogens with two attached hydrogens (primary N) is 1. The van der Waals surface area contributed by atoms with Crippen molar-refractivity contribution in [2.24, 2.45) is 5.73 Å². The van der Waals surface area contributed by atoms with Crippen LogP contribution < -0.4 is 10.6 Å². The lowest BCUT2D eigenvalue weighted by Crippen LogP contribution is -2.31. The number of anilines is 1. The van der Waals surface area contributed by atoms with E-state index in [2.05, 4.69) is 26.9 Å². The van der Waals surface area contributed by atoms with Gasteiger partial charge in [-0.1, -0.05) is 6.42 Å². The van der Waals surface area contributed by atoms with Crippen LogP contribution in [0.2, 0.25) is 0 Å². The standard InChI is InChI=1S/C15H26N4/c16-7-2-1-3-10-18-11-4-12-19(14-13-18)15-5-8-17-9-6-15/h5-6,8-9H,1-4,7,10-14,16H2. The van der Waals surface area contributed by atoms with E-state index in [1.54, 1.807) is 0 Å². The number of nitrogens with zero attached hydrogens (tertiary/aromatic N) is 3. The predicted molar refractivity (Wildman–Crippen MR) is 80.4 cm³/mol. The van der Waals surface area contributed by atoms with Gasteiger partial charge in [-0.05, 0) is 51.0 Å². The van der Waals surface area contributed by atoms with Gasteiger partial charge in [0, 0.05) is 37.7 Å². The normalized spacial score (nSPS) is 17.4. The number of hydrogen-bond donors (Lipinski definition) is 1. The predicted octanol–water partition coefficient (Wildman–Crippen LogP) is 1.72. The Bertz CT molecular complexity index is 341. The summed E-state index contributed by atoms with van der Waals surface area (Å²) < 4.78 is 0. The van der Waals surface area contributed by atoms with Gasteiger partial charge in [0.05, 0.1) is 0 Å². The van der Waals surface area contributed by atoms with Crippen LogP contribution in [0.25, 0.3) is 0 Å².